The highest BCUT2D eigenvalue weighted by molar-refractivity contribution is 6.59. The van der Waals surface area contributed by atoms with Gasteiger partial charge >= 0.3 is 0 Å². The van der Waals surface area contributed by atoms with Crippen molar-refractivity contribution in [2.24, 2.45) is 28.7 Å². The Hall–Kier alpha value is -0.0452. The van der Waals surface area contributed by atoms with E-state index in [0.717, 1.165) is 52.6 Å². The molecule has 0 unspecified atom stereocenters. The monoisotopic (exact) mass is 700 g/mol. The zero-order valence-corrected chi connectivity index (χ0v) is 36.6. The van der Waals surface area contributed by atoms with Crippen LogP contribution in [-0.4, -0.2) is 52.7 Å². The number of nitrogens with two attached hydrogens (primary N) is 5. The van der Waals surface area contributed by atoms with Gasteiger partial charge in [0, 0.05) is 13.7 Å². The van der Waals surface area contributed by atoms with Gasteiger partial charge in [0.25, 0.3) is 0 Å². The Bertz CT molecular complexity index is 411. The summed E-state index contributed by atoms with van der Waals surface area (Å²) in [6, 6.07) is 0. The fourth-order valence-corrected chi connectivity index (χ4v) is 4.92. The third-order valence-electron chi connectivity index (χ3n) is 9.02. The normalized spacial score (nSPS) is 9.86. The zero-order valence-electron chi connectivity index (χ0n) is 36.6. The molecule has 0 heterocycles. The van der Waals surface area contributed by atoms with Crippen LogP contribution in [0.3, 0.4) is 0 Å². The topological polar surface area (TPSA) is 139 Å². The highest BCUT2D eigenvalue weighted by Crippen LogP contribution is 2.17. The van der Waals surface area contributed by atoms with Gasteiger partial charge in [-0.3, -0.25) is 0 Å². The van der Waals surface area contributed by atoms with Gasteiger partial charge in [0.1, 0.15) is 20.1 Å². The Morgan fingerprint density at radius 1 is 0.408 bits per heavy atom. The summed E-state index contributed by atoms with van der Waals surface area (Å²) in [7, 11) is 1.68. The number of rotatable bonds is 26. The lowest BCUT2D eigenvalue weighted by atomic mass is 9.41. The van der Waals surface area contributed by atoms with Crippen LogP contribution in [0.2, 0.25) is 56.9 Å². The first-order chi connectivity index (χ1) is 23.5. The minimum absolute atomic E-state index is 0.116. The van der Waals surface area contributed by atoms with E-state index in [1.54, 1.807) is 7.11 Å². The quantitative estimate of drug-likeness (QED) is 0.0346. The fraction of sp³-hybridized carbons (Fsp3) is 1.00. The van der Waals surface area contributed by atoms with Crippen LogP contribution in [0.4, 0.5) is 0 Å². The van der Waals surface area contributed by atoms with Crippen molar-refractivity contribution in [1.82, 2.24) is 0 Å². The maximum absolute atomic E-state index is 5.13. The molecule has 0 saturated carbocycles. The van der Waals surface area contributed by atoms with Crippen LogP contribution < -0.4 is 28.7 Å². The molecule has 0 aromatic rings. The van der Waals surface area contributed by atoms with Crippen LogP contribution in [0, 0.1) is 0 Å². The van der Waals surface area contributed by atoms with Crippen LogP contribution in [-0.2, 0) is 4.74 Å². The van der Waals surface area contributed by atoms with Crippen LogP contribution in [0.15, 0.2) is 0 Å². The number of hydrogen-bond donors (Lipinski definition) is 5. The van der Waals surface area contributed by atoms with Crippen molar-refractivity contribution < 1.29 is 4.74 Å². The Balaban J connectivity index is -0.000000119. The van der Waals surface area contributed by atoms with Gasteiger partial charge < -0.3 is 33.4 Å². The Morgan fingerprint density at radius 3 is 0.714 bits per heavy atom. The van der Waals surface area contributed by atoms with Gasteiger partial charge in [-0.25, -0.2) is 0 Å². The second kappa shape index (κ2) is 60.1. The van der Waals surface area contributed by atoms with E-state index in [1.165, 1.54) is 134 Å². The van der Waals surface area contributed by atoms with Gasteiger partial charge in [0.15, 0.2) is 0 Å². The fourth-order valence-electron chi connectivity index (χ4n) is 4.92. The van der Waals surface area contributed by atoms with Crippen molar-refractivity contribution in [1.29, 1.82) is 0 Å². The third kappa shape index (κ3) is 74.2. The molecule has 0 rings (SSSR count). The van der Waals surface area contributed by atoms with Crippen molar-refractivity contribution in [3.63, 3.8) is 0 Å². The molecular weight excluding hydrogens is 599 g/mol. The molecule has 0 atom stereocenters. The van der Waals surface area contributed by atoms with E-state index in [4.69, 9.17) is 33.4 Å². The van der Waals surface area contributed by atoms with E-state index in [2.05, 4.69) is 62.3 Å². The molecule has 0 radical (unpaired) electrons. The maximum atomic E-state index is 5.13. The molecule has 0 aromatic carbocycles. The van der Waals surface area contributed by atoms with Crippen LogP contribution >= 0.6 is 0 Å². The van der Waals surface area contributed by atoms with Gasteiger partial charge in [-0.2, -0.15) is 0 Å². The summed E-state index contributed by atoms with van der Waals surface area (Å²) in [6.07, 6.45) is 32.3. The minimum atomic E-state index is -0.116. The largest absolute Gasteiger partial charge is 0.385 e. The van der Waals surface area contributed by atoms with Crippen molar-refractivity contribution in [3.05, 3.63) is 0 Å². The van der Waals surface area contributed by atoms with Gasteiger partial charge in [-0.05, 0) is 25.8 Å². The molecule has 0 bridgehead atoms. The molecule has 49 heavy (non-hydrogen) atoms. The zero-order chi connectivity index (χ0) is 39.0. The molecular formula is C40H100B3N5O. The van der Waals surface area contributed by atoms with Crippen LogP contribution in [0.1, 0.15) is 172 Å². The molecule has 0 amide bonds. The molecule has 10 N–H and O–H groups in total. The molecule has 0 aliphatic heterocycles. The Kier molecular flexibility index (Phi) is 74.8. The number of methoxy groups -OCH3 is 1. The number of hydrogen-bond acceptors (Lipinski definition) is 6. The lowest BCUT2D eigenvalue weighted by Gasteiger charge is -2.11. The molecule has 0 aliphatic carbocycles. The standard InChI is InChI=1S/2C12H27B.C6H15B.C4H11NO.2C3H10N2/c2*1-4-7-10-13(11-8-5-2)12-9-6-3;1-4-7(5-2)6-3;1-6-4-2-3-5;2*1-2-3(4)5/h2*4-12H2,1-3H3;4-6H2,1-3H3;2-5H2,1H3;2*3H,2,4-5H2,1H3. The number of ether oxygens (including phenoxy) is 1. The maximum Gasteiger partial charge on any atom is 0.139 e. The molecule has 6 nitrogen and oxygen atoms in total. The summed E-state index contributed by atoms with van der Waals surface area (Å²) < 4.78 is 4.70. The van der Waals surface area contributed by atoms with Crippen LogP contribution in [0.25, 0.3) is 0 Å². The SMILES string of the molecule is CCB(CC)CC.CCC(N)N.CCC(N)N.CCCCB(CCCC)CCCC.CCCCB(CCCC)CCCC.COCCCN. The van der Waals surface area contributed by atoms with E-state index in [0.29, 0.717) is 0 Å². The van der Waals surface area contributed by atoms with E-state index in [9.17, 15) is 0 Å². The first-order valence-electron chi connectivity index (χ1n) is 21.7. The van der Waals surface area contributed by atoms with Crippen molar-refractivity contribution in [2.75, 3.05) is 20.3 Å². The molecule has 0 fully saturated rings. The molecule has 9 heteroatoms. The van der Waals surface area contributed by atoms with Crippen LogP contribution in [0.5, 0.6) is 0 Å². The van der Waals surface area contributed by atoms with Gasteiger partial charge in [-0.15, -0.1) is 0 Å². The molecule has 0 spiro atoms. The Labute approximate surface area is 314 Å². The smallest absolute Gasteiger partial charge is 0.139 e. The molecule has 0 aromatic heterocycles. The van der Waals surface area contributed by atoms with Gasteiger partial charge in [0.05, 0.1) is 12.3 Å². The minimum Gasteiger partial charge on any atom is -0.385 e. The third-order valence-corrected chi connectivity index (χ3v) is 9.02. The van der Waals surface area contributed by atoms with Gasteiger partial charge in [0.2, 0.25) is 0 Å². The summed E-state index contributed by atoms with van der Waals surface area (Å²) in [5.74, 6) is 0. The molecule has 0 aliphatic rings. The molecule has 300 valence electrons. The lowest BCUT2D eigenvalue weighted by molar-refractivity contribution is 0.197. The van der Waals surface area contributed by atoms with Crippen molar-refractivity contribution in [3.8, 4) is 0 Å². The van der Waals surface area contributed by atoms with E-state index in [-0.39, 0.29) is 12.3 Å². The highest BCUT2D eigenvalue weighted by Gasteiger charge is 2.11. The van der Waals surface area contributed by atoms with E-state index >= 15 is 0 Å². The van der Waals surface area contributed by atoms with Crippen molar-refractivity contribution in [2.45, 2.75) is 242 Å². The summed E-state index contributed by atoms with van der Waals surface area (Å²) in [5, 5.41) is 0. The van der Waals surface area contributed by atoms with E-state index < -0.39 is 0 Å². The summed E-state index contributed by atoms with van der Waals surface area (Å²) in [5.41, 5.74) is 25.4. The highest BCUT2D eigenvalue weighted by atomic mass is 16.5. The Morgan fingerprint density at radius 2 is 0.633 bits per heavy atom. The lowest BCUT2D eigenvalue weighted by Crippen LogP contribution is -2.28. The average molecular weight is 700 g/mol. The van der Waals surface area contributed by atoms with Crippen molar-refractivity contribution >= 4 is 20.1 Å². The summed E-state index contributed by atoms with van der Waals surface area (Å²) in [6.45, 7) is 29.1. The first-order valence-corrected chi connectivity index (χ1v) is 21.7. The van der Waals surface area contributed by atoms with E-state index in [1.807, 2.05) is 13.8 Å². The summed E-state index contributed by atoms with van der Waals surface area (Å²) in [4.78, 5) is 0. The summed E-state index contributed by atoms with van der Waals surface area (Å²) >= 11 is 0. The second-order valence-electron chi connectivity index (χ2n) is 14.0. The first kappa shape index (κ1) is 61.0. The van der Waals surface area contributed by atoms with Gasteiger partial charge in [-0.1, -0.05) is 210 Å². The predicted molar refractivity (Wildman–Crippen MR) is 237 cm³/mol. The second-order valence-corrected chi connectivity index (χ2v) is 14.0. The average Bonchev–Trinajstić information content (AvgIpc) is 3.12. The molecule has 0 saturated heterocycles. The predicted octanol–water partition coefficient (Wildman–Crippen LogP) is 11.6. The number of unbranched alkanes of at least 4 members (excludes halogenated alkanes) is 6.